The van der Waals surface area contributed by atoms with Gasteiger partial charge in [-0.2, -0.15) is 0 Å². The minimum Gasteiger partial charge on any atom is -0.314 e. The first-order valence-electron chi connectivity index (χ1n) is 8.66. The molecule has 2 nitrogen and oxygen atoms in total. The van der Waals surface area contributed by atoms with Crippen molar-refractivity contribution in [2.75, 3.05) is 20.1 Å². The highest BCUT2D eigenvalue weighted by Gasteiger charge is 2.28. The Morgan fingerprint density at radius 1 is 1.05 bits per heavy atom. The van der Waals surface area contributed by atoms with E-state index in [1.165, 1.54) is 57.9 Å². The van der Waals surface area contributed by atoms with Crippen LogP contribution in [0.1, 0.15) is 65.2 Å². The Labute approximate surface area is 120 Å². The molecule has 2 fully saturated rings. The summed E-state index contributed by atoms with van der Waals surface area (Å²) in [5, 5.41) is 3.69. The average Bonchev–Trinajstić information content (AvgIpc) is 2.84. The quantitative estimate of drug-likeness (QED) is 0.789. The van der Waals surface area contributed by atoms with Gasteiger partial charge in [0.15, 0.2) is 0 Å². The molecule has 0 spiro atoms. The smallest absolute Gasteiger partial charge is 0.0118 e. The summed E-state index contributed by atoms with van der Waals surface area (Å²) >= 11 is 0. The number of hydrogen-bond donors (Lipinski definition) is 1. The normalized spacial score (nSPS) is 36.0. The summed E-state index contributed by atoms with van der Waals surface area (Å²) in [6.45, 7) is 7.14. The molecule has 2 aliphatic rings. The van der Waals surface area contributed by atoms with E-state index in [2.05, 4.69) is 31.1 Å². The maximum absolute atomic E-state index is 3.69. The largest absolute Gasteiger partial charge is 0.314 e. The monoisotopic (exact) mass is 266 g/mol. The Morgan fingerprint density at radius 3 is 2.58 bits per heavy atom. The van der Waals surface area contributed by atoms with Crippen molar-refractivity contribution < 1.29 is 0 Å². The van der Waals surface area contributed by atoms with Crippen molar-refractivity contribution in [2.45, 2.75) is 77.3 Å². The van der Waals surface area contributed by atoms with Crippen molar-refractivity contribution >= 4 is 0 Å². The molecule has 0 saturated heterocycles. The van der Waals surface area contributed by atoms with Gasteiger partial charge >= 0.3 is 0 Å². The molecule has 0 aromatic carbocycles. The SMILES string of the molecule is CCNC1CCCC1CCN(C)C1CCCCC1C. The molecule has 112 valence electrons. The topological polar surface area (TPSA) is 15.3 Å². The zero-order valence-electron chi connectivity index (χ0n) is 13.3. The van der Waals surface area contributed by atoms with Crippen molar-refractivity contribution in [1.29, 1.82) is 0 Å². The maximum Gasteiger partial charge on any atom is 0.0118 e. The predicted molar refractivity (Wildman–Crippen MR) is 83.5 cm³/mol. The third kappa shape index (κ3) is 4.19. The molecule has 1 N–H and O–H groups in total. The first-order chi connectivity index (χ1) is 9.22. The zero-order chi connectivity index (χ0) is 13.7. The molecule has 0 radical (unpaired) electrons. The molecule has 2 saturated carbocycles. The Kier molecular flexibility index (Phi) is 6.15. The first kappa shape index (κ1) is 15.3. The van der Waals surface area contributed by atoms with Crippen molar-refractivity contribution in [3.05, 3.63) is 0 Å². The summed E-state index contributed by atoms with van der Waals surface area (Å²) in [7, 11) is 2.36. The van der Waals surface area contributed by atoms with Gasteiger partial charge in [-0.15, -0.1) is 0 Å². The fraction of sp³-hybridized carbons (Fsp3) is 1.00. The summed E-state index contributed by atoms with van der Waals surface area (Å²) in [5.74, 6) is 1.84. The number of rotatable bonds is 6. The molecule has 19 heavy (non-hydrogen) atoms. The van der Waals surface area contributed by atoms with E-state index in [1.807, 2.05) is 0 Å². The van der Waals surface area contributed by atoms with E-state index in [0.29, 0.717) is 0 Å². The summed E-state index contributed by atoms with van der Waals surface area (Å²) in [4.78, 5) is 2.67. The van der Waals surface area contributed by atoms with E-state index in [-0.39, 0.29) is 0 Å². The average molecular weight is 266 g/mol. The minimum atomic E-state index is 0.808. The molecule has 0 heterocycles. The third-order valence-electron chi connectivity index (χ3n) is 5.61. The maximum atomic E-state index is 3.69. The number of hydrogen-bond acceptors (Lipinski definition) is 2. The van der Waals surface area contributed by atoms with Crippen LogP contribution in [0.2, 0.25) is 0 Å². The third-order valence-corrected chi connectivity index (χ3v) is 5.61. The van der Waals surface area contributed by atoms with Crippen molar-refractivity contribution in [3.63, 3.8) is 0 Å². The minimum absolute atomic E-state index is 0.808. The van der Waals surface area contributed by atoms with Crippen LogP contribution < -0.4 is 5.32 Å². The molecule has 0 aromatic heterocycles. The molecule has 4 atom stereocenters. The van der Waals surface area contributed by atoms with Crippen LogP contribution in [0.3, 0.4) is 0 Å². The Hall–Kier alpha value is -0.0800. The second-order valence-electron chi connectivity index (χ2n) is 6.95. The fourth-order valence-corrected chi connectivity index (χ4v) is 4.40. The molecule has 0 amide bonds. The van der Waals surface area contributed by atoms with Gasteiger partial charge in [0, 0.05) is 12.1 Å². The van der Waals surface area contributed by atoms with Crippen LogP contribution in [0, 0.1) is 11.8 Å². The molecule has 0 aliphatic heterocycles. The van der Waals surface area contributed by atoms with E-state index < -0.39 is 0 Å². The second-order valence-corrected chi connectivity index (χ2v) is 6.95. The van der Waals surface area contributed by atoms with E-state index in [1.54, 1.807) is 0 Å². The molecular weight excluding hydrogens is 232 g/mol. The van der Waals surface area contributed by atoms with Crippen molar-refractivity contribution in [3.8, 4) is 0 Å². The van der Waals surface area contributed by atoms with Gasteiger partial charge in [-0.1, -0.05) is 33.1 Å². The number of nitrogens with one attached hydrogen (secondary N) is 1. The van der Waals surface area contributed by atoms with Gasteiger partial charge in [0.2, 0.25) is 0 Å². The molecule has 0 aromatic rings. The first-order valence-corrected chi connectivity index (χ1v) is 8.66. The predicted octanol–water partition coefficient (Wildman–Crippen LogP) is 3.67. The van der Waals surface area contributed by atoms with Crippen LogP contribution in [0.5, 0.6) is 0 Å². The standard InChI is InChI=1S/C17H34N2/c1-4-18-16-10-7-9-15(16)12-13-19(3)17-11-6-5-8-14(17)2/h14-18H,4-13H2,1-3H3. The zero-order valence-corrected chi connectivity index (χ0v) is 13.3. The van der Waals surface area contributed by atoms with Gasteiger partial charge in [-0.25, -0.2) is 0 Å². The van der Waals surface area contributed by atoms with Crippen LogP contribution in [-0.2, 0) is 0 Å². The lowest BCUT2D eigenvalue weighted by atomic mass is 9.85. The van der Waals surface area contributed by atoms with Crippen molar-refractivity contribution in [2.24, 2.45) is 11.8 Å². The Morgan fingerprint density at radius 2 is 1.84 bits per heavy atom. The van der Waals surface area contributed by atoms with Crippen LogP contribution >= 0.6 is 0 Å². The van der Waals surface area contributed by atoms with Crippen molar-refractivity contribution in [1.82, 2.24) is 10.2 Å². The van der Waals surface area contributed by atoms with Gasteiger partial charge in [-0.3, -0.25) is 0 Å². The molecule has 0 bridgehead atoms. The van der Waals surface area contributed by atoms with Gasteiger partial charge in [0.25, 0.3) is 0 Å². The van der Waals surface area contributed by atoms with Gasteiger partial charge in [0.1, 0.15) is 0 Å². The summed E-state index contributed by atoms with van der Waals surface area (Å²) in [6.07, 6.45) is 11.5. The van der Waals surface area contributed by atoms with Crippen LogP contribution in [-0.4, -0.2) is 37.1 Å². The Bertz CT molecular complexity index is 254. The lowest BCUT2D eigenvalue weighted by Crippen LogP contribution is -2.41. The summed E-state index contributed by atoms with van der Waals surface area (Å²) in [6, 6.07) is 1.66. The van der Waals surface area contributed by atoms with Gasteiger partial charge in [-0.05, 0) is 64.1 Å². The summed E-state index contributed by atoms with van der Waals surface area (Å²) < 4.78 is 0. The van der Waals surface area contributed by atoms with E-state index in [9.17, 15) is 0 Å². The second kappa shape index (κ2) is 7.64. The lowest BCUT2D eigenvalue weighted by Gasteiger charge is -2.37. The van der Waals surface area contributed by atoms with E-state index >= 15 is 0 Å². The van der Waals surface area contributed by atoms with Crippen LogP contribution in [0.25, 0.3) is 0 Å². The lowest BCUT2D eigenvalue weighted by molar-refractivity contribution is 0.130. The number of nitrogens with zero attached hydrogens (tertiary/aromatic N) is 1. The highest BCUT2D eigenvalue weighted by Crippen LogP contribution is 2.31. The van der Waals surface area contributed by atoms with Gasteiger partial charge < -0.3 is 10.2 Å². The van der Waals surface area contributed by atoms with E-state index in [0.717, 1.165) is 30.5 Å². The fourth-order valence-electron chi connectivity index (χ4n) is 4.40. The highest BCUT2D eigenvalue weighted by atomic mass is 15.1. The molecule has 4 unspecified atom stereocenters. The van der Waals surface area contributed by atoms with E-state index in [4.69, 9.17) is 0 Å². The Balaban J connectivity index is 1.74. The van der Waals surface area contributed by atoms with Gasteiger partial charge in [0.05, 0.1) is 0 Å². The molecule has 2 rings (SSSR count). The van der Waals surface area contributed by atoms with Crippen LogP contribution in [0.4, 0.5) is 0 Å². The van der Waals surface area contributed by atoms with Crippen LogP contribution in [0.15, 0.2) is 0 Å². The molecule has 2 aliphatic carbocycles. The molecular formula is C17H34N2. The molecule has 2 heteroatoms. The summed E-state index contributed by atoms with van der Waals surface area (Å²) in [5.41, 5.74) is 0. The highest BCUT2D eigenvalue weighted by molar-refractivity contribution is 4.85.